The van der Waals surface area contributed by atoms with Crippen molar-refractivity contribution >= 4 is 23.8 Å². The lowest BCUT2D eigenvalue weighted by molar-refractivity contribution is -0.149. The van der Waals surface area contributed by atoms with Gasteiger partial charge in [-0.05, 0) is 26.2 Å². The summed E-state index contributed by atoms with van der Waals surface area (Å²) in [7, 11) is 0. The van der Waals surface area contributed by atoms with Gasteiger partial charge in [0.05, 0.1) is 6.42 Å². The molecule has 0 aromatic carbocycles. The van der Waals surface area contributed by atoms with Gasteiger partial charge in [-0.1, -0.05) is 0 Å². The van der Waals surface area contributed by atoms with E-state index in [-0.39, 0.29) is 6.54 Å². The van der Waals surface area contributed by atoms with Crippen LogP contribution in [0.2, 0.25) is 0 Å². The molecule has 3 atom stereocenters. The molecule has 0 fully saturated rings. The molecule has 0 heterocycles. The first-order valence-electron chi connectivity index (χ1n) is 8.25. The molecule has 2 unspecified atom stereocenters. The van der Waals surface area contributed by atoms with E-state index in [1.54, 1.807) is 0 Å². The van der Waals surface area contributed by atoms with Gasteiger partial charge in [0.1, 0.15) is 12.1 Å². The van der Waals surface area contributed by atoms with Gasteiger partial charge in [0.15, 0.2) is 6.10 Å². The van der Waals surface area contributed by atoms with Crippen LogP contribution in [0.25, 0.3) is 0 Å². The van der Waals surface area contributed by atoms with Crippen molar-refractivity contribution in [3.05, 3.63) is 0 Å². The number of hydrogen-bond acceptors (Lipinski definition) is 7. The first-order chi connectivity index (χ1) is 12.1. The first-order valence-corrected chi connectivity index (χ1v) is 8.25. The van der Waals surface area contributed by atoms with Crippen molar-refractivity contribution in [3.8, 4) is 0 Å². The number of carboxylic acid groups (broad SMARTS) is 3. The Kier molecular flexibility index (Phi) is 11.9. The molecular weight excluding hydrogens is 350 g/mol. The summed E-state index contributed by atoms with van der Waals surface area (Å²) >= 11 is 0. The Morgan fingerprint density at radius 3 is 2.00 bits per heavy atom. The molecule has 0 saturated carbocycles. The summed E-state index contributed by atoms with van der Waals surface area (Å²) in [6.07, 6.45) is -0.958. The van der Waals surface area contributed by atoms with Gasteiger partial charge < -0.3 is 36.4 Å². The lowest BCUT2D eigenvalue weighted by atomic mass is 10.1. The number of amides is 1. The highest BCUT2D eigenvalue weighted by atomic mass is 16.4. The number of nitrogens with one attached hydrogen (secondary N) is 3. The number of carboxylic acids is 3. The molecule has 26 heavy (non-hydrogen) atoms. The van der Waals surface area contributed by atoms with E-state index in [1.165, 1.54) is 6.92 Å². The second kappa shape index (κ2) is 13.0. The monoisotopic (exact) mass is 377 g/mol. The largest absolute Gasteiger partial charge is 0.480 e. The highest BCUT2D eigenvalue weighted by Gasteiger charge is 2.18. The number of hydrogen-bond donors (Lipinski definition) is 7. The number of aliphatic hydroxyl groups excluding tert-OH is 1. The minimum atomic E-state index is -1.74. The fourth-order valence-corrected chi connectivity index (χ4v) is 1.97. The number of aliphatic hydroxyl groups is 1. The molecule has 7 N–H and O–H groups in total. The van der Waals surface area contributed by atoms with Crippen LogP contribution in [-0.2, 0) is 19.2 Å². The van der Waals surface area contributed by atoms with Gasteiger partial charge in [0.25, 0.3) is 0 Å². The normalized spacial score (nSPS) is 14.2. The molecule has 0 aliphatic carbocycles. The minimum Gasteiger partial charge on any atom is -0.480 e. The highest BCUT2D eigenvalue weighted by molar-refractivity contribution is 5.83. The third-order valence-corrected chi connectivity index (χ3v) is 3.54. The lowest BCUT2D eigenvalue weighted by Gasteiger charge is -2.15. The molecular formula is C15H27N3O8. The molecule has 0 aromatic rings. The molecule has 0 rings (SSSR count). The second-order valence-electron chi connectivity index (χ2n) is 5.76. The Hall–Kier alpha value is -2.24. The molecule has 0 spiro atoms. The molecule has 150 valence electrons. The van der Waals surface area contributed by atoms with Crippen LogP contribution in [-0.4, -0.2) is 82.1 Å². The summed E-state index contributed by atoms with van der Waals surface area (Å²) in [5, 5.41) is 43.3. The molecule has 0 aliphatic heterocycles. The zero-order chi connectivity index (χ0) is 20.1. The molecule has 11 heteroatoms. The van der Waals surface area contributed by atoms with E-state index in [9.17, 15) is 19.2 Å². The van der Waals surface area contributed by atoms with Crippen molar-refractivity contribution in [1.82, 2.24) is 16.0 Å². The molecule has 1 amide bonds. The maximum Gasteiger partial charge on any atom is 0.333 e. The summed E-state index contributed by atoms with van der Waals surface area (Å²) in [6.45, 7) is 2.33. The van der Waals surface area contributed by atoms with E-state index in [0.29, 0.717) is 32.4 Å². The van der Waals surface area contributed by atoms with Gasteiger partial charge in [0.2, 0.25) is 5.91 Å². The second-order valence-corrected chi connectivity index (χ2v) is 5.76. The Balaban J connectivity index is 3.90. The van der Waals surface area contributed by atoms with Crippen LogP contribution in [0.3, 0.4) is 0 Å². The van der Waals surface area contributed by atoms with Crippen molar-refractivity contribution < 1.29 is 39.6 Å². The fraction of sp³-hybridized carbons (Fsp3) is 0.733. The first kappa shape index (κ1) is 23.8. The Morgan fingerprint density at radius 1 is 0.846 bits per heavy atom. The number of rotatable bonds is 15. The van der Waals surface area contributed by atoms with Crippen LogP contribution >= 0.6 is 0 Å². The quantitative estimate of drug-likeness (QED) is 0.161. The third kappa shape index (κ3) is 11.3. The molecule has 0 saturated heterocycles. The predicted molar refractivity (Wildman–Crippen MR) is 89.6 cm³/mol. The van der Waals surface area contributed by atoms with Crippen molar-refractivity contribution in [2.75, 3.05) is 19.6 Å². The van der Waals surface area contributed by atoms with Crippen LogP contribution in [0, 0.1) is 0 Å². The van der Waals surface area contributed by atoms with Crippen molar-refractivity contribution in [3.63, 3.8) is 0 Å². The van der Waals surface area contributed by atoms with Gasteiger partial charge in [-0.3, -0.25) is 14.4 Å². The van der Waals surface area contributed by atoms with Gasteiger partial charge in [0, 0.05) is 19.6 Å². The smallest absolute Gasteiger partial charge is 0.333 e. The van der Waals surface area contributed by atoms with Crippen LogP contribution < -0.4 is 16.0 Å². The third-order valence-electron chi connectivity index (χ3n) is 3.54. The Labute approximate surface area is 150 Å². The Morgan fingerprint density at radius 2 is 1.46 bits per heavy atom. The molecule has 11 nitrogen and oxygen atoms in total. The van der Waals surface area contributed by atoms with Crippen LogP contribution in [0.1, 0.15) is 32.6 Å². The van der Waals surface area contributed by atoms with Crippen molar-refractivity contribution in [2.45, 2.75) is 50.8 Å². The number of carbonyl (C=O) groups is 4. The average Bonchev–Trinajstić information content (AvgIpc) is 2.55. The number of aliphatic carboxylic acids is 3. The van der Waals surface area contributed by atoms with Crippen molar-refractivity contribution in [1.29, 1.82) is 0 Å². The summed E-state index contributed by atoms with van der Waals surface area (Å²) < 4.78 is 0. The van der Waals surface area contributed by atoms with E-state index < -0.39 is 48.4 Å². The fourth-order valence-electron chi connectivity index (χ4n) is 1.97. The maximum absolute atomic E-state index is 11.4. The van der Waals surface area contributed by atoms with Crippen LogP contribution in [0.4, 0.5) is 0 Å². The average molecular weight is 377 g/mol. The van der Waals surface area contributed by atoms with E-state index in [0.717, 1.165) is 0 Å². The lowest BCUT2D eigenvalue weighted by Crippen LogP contribution is -2.43. The molecule has 0 aromatic heterocycles. The van der Waals surface area contributed by atoms with Crippen LogP contribution in [0.15, 0.2) is 0 Å². The van der Waals surface area contributed by atoms with Gasteiger partial charge in [-0.15, -0.1) is 0 Å². The van der Waals surface area contributed by atoms with E-state index in [2.05, 4.69) is 16.0 Å². The number of unbranched alkanes of at least 4 members (excludes halogenated alkanes) is 1. The Bertz CT molecular complexity index is 486. The van der Waals surface area contributed by atoms with Gasteiger partial charge in [-0.2, -0.15) is 0 Å². The summed E-state index contributed by atoms with van der Waals surface area (Å²) in [5.41, 5.74) is 0. The zero-order valence-electron chi connectivity index (χ0n) is 14.6. The van der Waals surface area contributed by atoms with Crippen LogP contribution in [0.5, 0.6) is 0 Å². The SMILES string of the molecule is CC(NCCN[C@@H](CCCCNC(=O)CC(O)C(=O)O)C(=O)O)C(=O)O. The van der Waals surface area contributed by atoms with E-state index in [4.69, 9.17) is 20.4 Å². The molecule has 0 bridgehead atoms. The van der Waals surface area contributed by atoms with Gasteiger partial charge >= 0.3 is 17.9 Å². The minimum absolute atomic E-state index is 0.245. The summed E-state index contributed by atoms with van der Waals surface area (Å²) in [5.74, 6) is -4.07. The van der Waals surface area contributed by atoms with Crippen molar-refractivity contribution in [2.24, 2.45) is 0 Å². The zero-order valence-corrected chi connectivity index (χ0v) is 14.6. The maximum atomic E-state index is 11.4. The van der Waals surface area contributed by atoms with E-state index >= 15 is 0 Å². The molecule has 0 radical (unpaired) electrons. The van der Waals surface area contributed by atoms with E-state index in [1.807, 2.05) is 0 Å². The predicted octanol–water partition coefficient (Wildman–Crippen LogP) is -1.79. The topological polar surface area (TPSA) is 185 Å². The highest BCUT2D eigenvalue weighted by Crippen LogP contribution is 2.01. The molecule has 0 aliphatic rings. The summed E-state index contributed by atoms with van der Waals surface area (Å²) in [4.78, 5) is 43.5. The summed E-state index contributed by atoms with van der Waals surface area (Å²) in [6, 6.07) is -1.51. The van der Waals surface area contributed by atoms with Gasteiger partial charge in [-0.25, -0.2) is 4.79 Å². The standard InChI is InChI=1S/C15H27N3O8/c1-9(13(21)22)16-6-7-17-10(14(23)24)4-2-3-5-18-12(20)8-11(19)15(25)26/h9-11,16-17,19H,2-8H2,1H3,(H,18,20)(H,21,22)(H,23,24)(H,25,26)/t9?,10-,11?/m0/s1. The number of carbonyl (C=O) groups excluding carboxylic acids is 1.